The van der Waals surface area contributed by atoms with Crippen molar-refractivity contribution < 1.29 is 4.39 Å². The van der Waals surface area contributed by atoms with Crippen molar-refractivity contribution in [2.45, 2.75) is 26.8 Å². The van der Waals surface area contributed by atoms with Crippen molar-refractivity contribution in [1.82, 2.24) is 0 Å². The van der Waals surface area contributed by atoms with Crippen LogP contribution in [0, 0.1) is 12.7 Å². The molecule has 0 aliphatic heterocycles. The molecule has 1 aromatic rings. The van der Waals surface area contributed by atoms with E-state index < -0.39 is 0 Å². The maximum absolute atomic E-state index is 12.9. The monoisotopic (exact) mass is 167 g/mol. The summed E-state index contributed by atoms with van der Waals surface area (Å²) in [6, 6.07) is 3.09. The highest BCUT2D eigenvalue weighted by atomic mass is 19.1. The van der Waals surface area contributed by atoms with Crippen LogP contribution in [0.25, 0.3) is 0 Å². The molecule has 1 nitrogen and oxygen atoms in total. The summed E-state index contributed by atoms with van der Waals surface area (Å²) in [4.78, 5) is 0. The Morgan fingerprint density at radius 3 is 2.58 bits per heavy atom. The molecule has 0 saturated heterocycles. The number of halogens is 1. The number of hydrogen-bond acceptors (Lipinski definition) is 1. The van der Waals surface area contributed by atoms with Gasteiger partial charge >= 0.3 is 0 Å². The number of rotatable bonds is 2. The van der Waals surface area contributed by atoms with E-state index >= 15 is 0 Å². The first-order valence-corrected chi connectivity index (χ1v) is 4.17. The van der Waals surface area contributed by atoms with E-state index in [-0.39, 0.29) is 5.82 Å². The van der Waals surface area contributed by atoms with E-state index in [0.29, 0.717) is 6.54 Å². The lowest BCUT2D eigenvalue weighted by Gasteiger charge is -2.08. The van der Waals surface area contributed by atoms with Gasteiger partial charge in [0.05, 0.1) is 0 Å². The van der Waals surface area contributed by atoms with Gasteiger partial charge in [0.2, 0.25) is 0 Å². The van der Waals surface area contributed by atoms with Crippen molar-refractivity contribution in [3.8, 4) is 0 Å². The maximum atomic E-state index is 12.9. The van der Waals surface area contributed by atoms with Crippen LogP contribution in [-0.4, -0.2) is 0 Å². The third-order valence-electron chi connectivity index (χ3n) is 2.12. The highest BCUT2D eigenvalue weighted by Crippen LogP contribution is 2.16. The molecule has 0 fully saturated rings. The predicted octanol–water partition coefficient (Wildman–Crippen LogP) is 2.16. The van der Waals surface area contributed by atoms with Gasteiger partial charge < -0.3 is 5.73 Å². The summed E-state index contributed by atoms with van der Waals surface area (Å²) in [6.45, 7) is 4.40. The lowest BCUT2D eigenvalue weighted by molar-refractivity contribution is 0.623. The average molecular weight is 167 g/mol. The van der Waals surface area contributed by atoms with E-state index in [1.165, 1.54) is 6.07 Å². The van der Waals surface area contributed by atoms with E-state index in [1.54, 1.807) is 6.07 Å². The summed E-state index contributed by atoms with van der Waals surface area (Å²) in [7, 11) is 0. The molecule has 2 heteroatoms. The Balaban J connectivity index is 3.24. The first kappa shape index (κ1) is 9.20. The molecule has 1 rings (SSSR count). The molecule has 0 unspecified atom stereocenters. The van der Waals surface area contributed by atoms with Crippen LogP contribution in [0.4, 0.5) is 4.39 Å². The van der Waals surface area contributed by atoms with Gasteiger partial charge in [-0.2, -0.15) is 0 Å². The minimum atomic E-state index is -0.165. The zero-order valence-electron chi connectivity index (χ0n) is 7.52. The molecular weight excluding hydrogens is 153 g/mol. The van der Waals surface area contributed by atoms with Gasteiger partial charge in [-0.15, -0.1) is 0 Å². The van der Waals surface area contributed by atoms with E-state index in [4.69, 9.17) is 5.73 Å². The van der Waals surface area contributed by atoms with Gasteiger partial charge in [-0.3, -0.25) is 0 Å². The summed E-state index contributed by atoms with van der Waals surface area (Å²) in [5.41, 5.74) is 8.61. The molecule has 1 aromatic carbocycles. The Morgan fingerprint density at radius 1 is 1.42 bits per heavy atom. The summed E-state index contributed by atoms with van der Waals surface area (Å²) >= 11 is 0. The largest absolute Gasteiger partial charge is 0.326 e. The van der Waals surface area contributed by atoms with Crippen LogP contribution >= 0.6 is 0 Å². The van der Waals surface area contributed by atoms with Crippen molar-refractivity contribution in [2.24, 2.45) is 5.73 Å². The Kier molecular flexibility index (Phi) is 2.82. The van der Waals surface area contributed by atoms with Crippen molar-refractivity contribution in [3.05, 3.63) is 34.6 Å². The van der Waals surface area contributed by atoms with E-state index in [9.17, 15) is 4.39 Å². The summed E-state index contributed by atoms with van der Waals surface area (Å²) in [5, 5.41) is 0. The fourth-order valence-electron chi connectivity index (χ4n) is 1.45. The lowest BCUT2D eigenvalue weighted by Crippen LogP contribution is -2.04. The summed E-state index contributed by atoms with van der Waals surface area (Å²) in [6.07, 6.45) is 0.838. The van der Waals surface area contributed by atoms with Crippen LogP contribution < -0.4 is 5.73 Å². The van der Waals surface area contributed by atoms with E-state index in [0.717, 1.165) is 23.1 Å². The van der Waals surface area contributed by atoms with Gasteiger partial charge in [0.25, 0.3) is 0 Å². The Labute approximate surface area is 72.4 Å². The maximum Gasteiger partial charge on any atom is 0.123 e. The molecule has 0 aromatic heterocycles. The SMILES string of the molecule is CCc1cc(F)cc(C)c1CN. The smallest absolute Gasteiger partial charge is 0.123 e. The molecule has 12 heavy (non-hydrogen) atoms. The second-order valence-electron chi connectivity index (χ2n) is 2.92. The van der Waals surface area contributed by atoms with Crippen molar-refractivity contribution in [2.75, 3.05) is 0 Å². The quantitative estimate of drug-likeness (QED) is 0.717. The van der Waals surface area contributed by atoms with Crippen LogP contribution in [0.5, 0.6) is 0 Å². The average Bonchev–Trinajstić information content (AvgIpc) is 2.03. The van der Waals surface area contributed by atoms with Crippen molar-refractivity contribution >= 4 is 0 Å². The van der Waals surface area contributed by atoms with Crippen LogP contribution in [0.15, 0.2) is 12.1 Å². The van der Waals surface area contributed by atoms with Crippen molar-refractivity contribution in [1.29, 1.82) is 0 Å². The fraction of sp³-hybridized carbons (Fsp3) is 0.400. The molecular formula is C10H14FN. The molecule has 66 valence electrons. The molecule has 0 radical (unpaired) electrons. The standard InChI is InChI=1S/C10H14FN/c1-3-8-5-9(11)4-7(2)10(8)6-12/h4-5H,3,6,12H2,1-2H3. The lowest BCUT2D eigenvalue weighted by atomic mass is 10.00. The minimum Gasteiger partial charge on any atom is -0.326 e. The highest BCUT2D eigenvalue weighted by molar-refractivity contribution is 5.34. The van der Waals surface area contributed by atoms with Gasteiger partial charge in [0.1, 0.15) is 5.82 Å². The second-order valence-corrected chi connectivity index (χ2v) is 2.92. The molecule has 0 aliphatic carbocycles. The van der Waals surface area contributed by atoms with Gasteiger partial charge in [0, 0.05) is 6.54 Å². The van der Waals surface area contributed by atoms with Crippen LogP contribution in [0.3, 0.4) is 0 Å². The molecule has 0 aliphatic rings. The number of aryl methyl sites for hydroxylation is 2. The second kappa shape index (κ2) is 3.68. The zero-order chi connectivity index (χ0) is 9.14. The fourth-order valence-corrected chi connectivity index (χ4v) is 1.45. The molecule has 0 amide bonds. The Bertz CT molecular complexity index is 281. The van der Waals surface area contributed by atoms with Crippen molar-refractivity contribution in [3.63, 3.8) is 0 Å². The topological polar surface area (TPSA) is 26.0 Å². The number of nitrogens with two attached hydrogens (primary N) is 1. The number of hydrogen-bond donors (Lipinski definition) is 1. The van der Waals surface area contributed by atoms with Gasteiger partial charge in [-0.05, 0) is 42.2 Å². The van der Waals surface area contributed by atoms with Gasteiger partial charge in [-0.25, -0.2) is 4.39 Å². The molecule has 0 bridgehead atoms. The van der Waals surface area contributed by atoms with E-state index in [2.05, 4.69) is 0 Å². The predicted molar refractivity (Wildman–Crippen MR) is 48.4 cm³/mol. The zero-order valence-corrected chi connectivity index (χ0v) is 7.52. The summed E-state index contributed by atoms with van der Waals surface area (Å²) in [5.74, 6) is -0.165. The highest BCUT2D eigenvalue weighted by Gasteiger charge is 2.04. The molecule has 2 N–H and O–H groups in total. The first-order valence-electron chi connectivity index (χ1n) is 4.17. The molecule has 0 saturated carbocycles. The van der Waals surface area contributed by atoms with Gasteiger partial charge in [0.15, 0.2) is 0 Å². The molecule has 0 heterocycles. The minimum absolute atomic E-state index is 0.165. The third-order valence-corrected chi connectivity index (χ3v) is 2.12. The third kappa shape index (κ3) is 1.64. The first-order chi connectivity index (χ1) is 5.69. The van der Waals surface area contributed by atoms with Crippen LogP contribution in [0.2, 0.25) is 0 Å². The Hall–Kier alpha value is -0.890. The van der Waals surface area contributed by atoms with Crippen LogP contribution in [-0.2, 0) is 13.0 Å². The van der Waals surface area contributed by atoms with Gasteiger partial charge in [-0.1, -0.05) is 6.92 Å². The Morgan fingerprint density at radius 2 is 2.08 bits per heavy atom. The molecule has 0 spiro atoms. The van der Waals surface area contributed by atoms with Crippen LogP contribution in [0.1, 0.15) is 23.6 Å². The number of benzene rings is 1. The summed E-state index contributed by atoms with van der Waals surface area (Å²) < 4.78 is 12.9. The normalized spacial score (nSPS) is 10.3. The molecule has 0 atom stereocenters. The van der Waals surface area contributed by atoms with E-state index in [1.807, 2.05) is 13.8 Å².